The van der Waals surface area contributed by atoms with Crippen molar-refractivity contribution in [2.75, 3.05) is 10.6 Å². The molecular weight excluding hydrogens is 284 g/mol. The van der Waals surface area contributed by atoms with Crippen molar-refractivity contribution >= 4 is 17.5 Å². The highest BCUT2D eigenvalue weighted by atomic mass is 15.2. The molecule has 4 nitrogen and oxygen atoms in total. The zero-order chi connectivity index (χ0) is 16.6. The summed E-state index contributed by atoms with van der Waals surface area (Å²) < 4.78 is 0. The molecule has 1 aliphatic carbocycles. The topological polar surface area (TPSA) is 49.8 Å². The van der Waals surface area contributed by atoms with Crippen molar-refractivity contribution in [2.45, 2.75) is 58.9 Å². The second-order valence-corrected chi connectivity index (χ2v) is 7.59. The molecule has 0 amide bonds. The molecule has 4 heteroatoms. The van der Waals surface area contributed by atoms with Gasteiger partial charge in [-0.2, -0.15) is 4.98 Å². The Hall–Kier alpha value is -2.10. The average molecular weight is 310 g/mol. The third kappa shape index (κ3) is 4.21. The van der Waals surface area contributed by atoms with Gasteiger partial charge in [0.25, 0.3) is 0 Å². The van der Waals surface area contributed by atoms with Gasteiger partial charge >= 0.3 is 0 Å². The van der Waals surface area contributed by atoms with Gasteiger partial charge in [-0.25, -0.2) is 4.98 Å². The summed E-state index contributed by atoms with van der Waals surface area (Å²) in [4.78, 5) is 9.36. The summed E-state index contributed by atoms with van der Waals surface area (Å²) in [7, 11) is 0. The first-order valence-corrected chi connectivity index (χ1v) is 8.31. The molecule has 0 unspecified atom stereocenters. The number of benzene rings is 1. The molecule has 0 bridgehead atoms. The Labute approximate surface area is 138 Å². The second-order valence-electron chi connectivity index (χ2n) is 7.59. The number of nitrogens with zero attached hydrogens (tertiary/aromatic N) is 2. The fourth-order valence-electron chi connectivity index (χ4n) is 2.52. The Balaban J connectivity index is 1.92. The molecule has 1 saturated carbocycles. The standard InChI is InChI=1S/C19H26N4/c1-12-6-7-13(2)15(10-12)20-17-11-16(14-8-9-14)21-18(22-17)23-19(3,4)5/h6-7,10-11,14H,8-9H2,1-5H3,(H2,20,21,22,23). The lowest BCUT2D eigenvalue weighted by Gasteiger charge is -2.21. The second kappa shape index (κ2) is 5.84. The van der Waals surface area contributed by atoms with Crippen molar-refractivity contribution in [3.8, 4) is 0 Å². The number of rotatable bonds is 4. The number of hydrogen-bond acceptors (Lipinski definition) is 4. The van der Waals surface area contributed by atoms with Crippen LogP contribution in [0.2, 0.25) is 0 Å². The smallest absolute Gasteiger partial charge is 0.225 e. The molecule has 1 aromatic carbocycles. The van der Waals surface area contributed by atoms with E-state index in [1.165, 1.54) is 24.0 Å². The van der Waals surface area contributed by atoms with Gasteiger partial charge in [0, 0.05) is 23.2 Å². The molecule has 0 aliphatic heterocycles. The normalized spacial score (nSPS) is 14.7. The van der Waals surface area contributed by atoms with E-state index in [1.807, 2.05) is 0 Å². The summed E-state index contributed by atoms with van der Waals surface area (Å²) in [6.07, 6.45) is 2.46. The van der Waals surface area contributed by atoms with Gasteiger partial charge < -0.3 is 10.6 Å². The van der Waals surface area contributed by atoms with Crippen molar-refractivity contribution in [3.63, 3.8) is 0 Å². The first-order valence-electron chi connectivity index (χ1n) is 8.31. The van der Waals surface area contributed by atoms with Gasteiger partial charge in [0.2, 0.25) is 5.95 Å². The zero-order valence-corrected chi connectivity index (χ0v) is 14.7. The largest absolute Gasteiger partial charge is 0.350 e. The van der Waals surface area contributed by atoms with E-state index in [2.05, 4.69) is 74.5 Å². The maximum absolute atomic E-state index is 4.70. The molecule has 0 atom stereocenters. The lowest BCUT2D eigenvalue weighted by atomic mass is 10.1. The van der Waals surface area contributed by atoms with E-state index >= 15 is 0 Å². The maximum atomic E-state index is 4.70. The number of nitrogens with one attached hydrogen (secondary N) is 2. The lowest BCUT2D eigenvalue weighted by molar-refractivity contribution is 0.625. The molecule has 0 saturated heterocycles. The summed E-state index contributed by atoms with van der Waals surface area (Å²) in [6.45, 7) is 10.6. The van der Waals surface area contributed by atoms with Crippen LogP contribution in [0.1, 0.15) is 56.4 Å². The molecule has 3 rings (SSSR count). The molecule has 0 spiro atoms. The molecule has 1 fully saturated rings. The minimum Gasteiger partial charge on any atom is -0.350 e. The van der Waals surface area contributed by atoms with E-state index in [4.69, 9.17) is 4.98 Å². The van der Waals surface area contributed by atoms with Crippen LogP contribution in [-0.2, 0) is 0 Å². The van der Waals surface area contributed by atoms with Crippen LogP contribution < -0.4 is 10.6 Å². The van der Waals surface area contributed by atoms with E-state index in [-0.39, 0.29) is 5.54 Å². The Morgan fingerprint density at radius 2 is 1.78 bits per heavy atom. The van der Waals surface area contributed by atoms with Crippen LogP contribution in [0.4, 0.5) is 17.5 Å². The Kier molecular flexibility index (Phi) is 4.00. The fourth-order valence-corrected chi connectivity index (χ4v) is 2.52. The molecule has 1 aliphatic rings. The van der Waals surface area contributed by atoms with Crippen molar-refractivity contribution in [1.82, 2.24) is 9.97 Å². The van der Waals surface area contributed by atoms with Gasteiger partial charge in [-0.1, -0.05) is 12.1 Å². The SMILES string of the molecule is Cc1ccc(C)c(Nc2cc(C3CC3)nc(NC(C)(C)C)n2)c1. The van der Waals surface area contributed by atoms with Gasteiger partial charge in [0.1, 0.15) is 5.82 Å². The number of aromatic nitrogens is 2. The van der Waals surface area contributed by atoms with Crippen LogP contribution in [0.5, 0.6) is 0 Å². The van der Waals surface area contributed by atoms with Gasteiger partial charge in [0.05, 0.1) is 5.69 Å². The van der Waals surface area contributed by atoms with Gasteiger partial charge in [-0.3, -0.25) is 0 Å². The molecule has 23 heavy (non-hydrogen) atoms. The summed E-state index contributed by atoms with van der Waals surface area (Å²) in [6, 6.07) is 8.51. The summed E-state index contributed by atoms with van der Waals surface area (Å²) in [5.41, 5.74) is 4.64. The molecule has 122 valence electrons. The monoisotopic (exact) mass is 310 g/mol. The quantitative estimate of drug-likeness (QED) is 0.841. The number of aryl methyl sites for hydroxylation is 2. The van der Waals surface area contributed by atoms with E-state index in [9.17, 15) is 0 Å². The summed E-state index contributed by atoms with van der Waals surface area (Å²) in [5, 5.41) is 6.87. The highest BCUT2D eigenvalue weighted by Gasteiger charge is 2.26. The molecular formula is C19H26N4. The maximum Gasteiger partial charge on any atom is 0.225 e. The van der Waals surface area contributed by atoms with Crippen LogP contribution in [-0.4, -0.2) is 15.5 Å². The van der Waals surface area contributed by atoms with Crippen LogP contribution in [0.25, 0.3) is 0 Å². The highest BCUT2D eigenvalue weighted by Crippen LogP contribution is 2.40. The summed E-state index contributed by atoms with van der Waals surface area (Å²) >= 11 is 0. The first kappa shape index (κ1) is 15.8. The Bertz CT molecular complexity index is 712. The average Bonchev–Trinajstić information content (AvgIpc) is 3.25. The molecule has 1 heterocycles. The third-order valence-electron chi connectivity index (χ3n) is 3.88. The minimum absolute atomic E-state index is 0.0568. The minimum atomic E-state index is -0.0568. The van der Waals surface area contributed by atoms with E-state index in [0.29, 0.717) is 11.9 Å². The van der Waals surface area contributed by atoms with Gasteiger partial charge in [0.15, 0.2) is 0 Å². The predicted octanol–water partition coefficient (Wildman–Crippen LogP) is 4.92. The molecule has 2 aromatic rings. The van der Waals surface area contributed by atoms with Crippen molar-refractivity contribution in [1.29, 1.82) is 0 Å². The first-order chi connectivity index (χ1) is 10.8. The van der Waals surface area contributed by atoms with Crippen LogP contribution in [0.3, 0.4) is 0 Å². The Morgan fingerprint density at radius 3 is 2.43 bits per heavy atom. The van der Waals surface area contributed by atoms with Crippen molar-refractivity contribution in [2.24, 2.45) is 0 Å². The lowest BCUT2D eigenvalue weighted by Crippen LogP contribution is -2.27. The van der Waals surface area contributed by atoms with Gasteiger partial charge in [-0.15, -0.1) is 0 Å². The number of hydrogen-bond donors (Lipinski definition) is 2. The summed E-state index contributed by atoms with van der Waals surface area (Å²) in [5.74, 6) is 2.16. The van der Waals surface area contributed by atoms with E-state index < -0.39 is 0 Å². The van der Waals surface area contributed by atoms with Crippen LogP contribution in [0.15, 0.2) is 24.3 Å². The van der Waals surface area contributed by atoms with Crippen molar-refractivity contribution < 1.29 is 0 Å². The highest BCUT2D eigenvalue weighted by molar-refractivity contribution is 5.62. The van der Waals surface area contributed by atoms with E-state index in [1.54, 1.807) is 0 Å². The molecule has 2 N–H and O–H groups in total. The molecule has 0 radical (unpaired) electrons. The van der Waals surface area contributed by atoms with E-state index in [0.717, 1.165) is 17.2 Å². The van der Waals surface area contributed by atoms with Crippen molar-refractivity contribution in [3.05, 3.63) is 41.1 Å². The third-order valence-corrected chi connectivity index (χ3v) is 3.88. The fraction of sp³-hybridized carbons (Fsp3) is 0.474. The van der Waals surface area contributed by atoms with Crippen LogP contribution in [0, 0.1) is 13.8 Å². The zero-order valence-electron chi connectivity index (χ0n) is 14.7. The number of anilines is 3. The predicted molar refractivity (Wildman–Crippen MR) is 96.6 cm³/mol. The van der Waals surface area contributed by atoms with Crippen LogP contribution >= 0.6 is 0 Å². The van der Waals surface area contributed by atoms with Gasteiger partial charge in [-0.05, 0) is 64.7 Å². The Morgan fingerprint density at radius 1 is 1.04 bits per heavy atom. The molecule has 1 aromatic heterocycles.